The molecule has 0 radical (unpaired) electrons. The number of nitriles is 1. The van der Waals surface area contributed by atoms with Crippen molar-refractivity contribution in [3.8, 4) is 11.8 Å². The molecule has 0 fully saturated rings. The Balaban J connectivity index is 2.61. The van der Waals surface area contributed by atoms with Gasteiger partial charge >= 0.3 is 0 Å². The highest BCUT2D eigenvalue weighted by atomic mass is 16.3. The van der Waals surface area contributed by atoms with E-state index in [0.717, 1.165) is 25.1 Å². The lowest BCUT2D eigenvalue weighted by atomic mass is 10.2. The van der Waals surface area contributed by atoms with Crippen molar-refractivity contribution in [2.45, 2.75) is 19.9 Å². The van der Waals surface area contributed by atoms with E-state index in [1.54, 1.807) is 12.1 Å². The maximum Gasteiger partial charge on any atom is 0.115 e. The van der Waals surface area contributed by atoms with Gasteiger partial charge in [-0.1, -0.05) is 19.1 Å². The third-order valence-electron chi connectivity index (χ3n) is 2.15. The van der Waals surface area contributed by atoms with E-state index in [1.165, 1.54) is 0 Å². The van der Waals surface area contributed by atoms with Gasteiger partial charge in [0.05, 0.1) is 12.6 Å². The van der Waals surface area contributed by atoms with E-state index in [-0.39, 0.29) is 5.75 Å². The van der Waals surface area contributed by atoms with Crippen molar-refractivity contribution in [3.63, 3.8) is 0 Å². The molecule has 0 aliphatic carbocycles. The molecule has 0 atom stereocenters. The third kappa shape index (κ3) is 4.01. The van der Waals surface area contributed by atoms with Crippen molar-refractivity contribution in [2.75, 3.05) is 13.1 Å². The minimum absolute atomic E-state index is 0.279. The Morgan fingerprint density at radius 1 is 1.47 bits per heavy atom. The van der Waals surface area contributed by atoms with Crippen molar-refractivity contribution in [1.29, 1.82) is 5.26 Å². The van der Waals surface area contributed by atoms with Gasteiger partial charge in [-0.05, 0) is 30.7 Å². The van der Waals surface area contributed by atoms with E-state index >= 15 is 0 Å². The van der Waals surface area contributed by atoms with Crippen molar-refractivity contribution < 1.29 is 5.11 Å². The van der Waals surface area contributed by atoms with Crippen molar-refractivity contribution in [1.82, 2.24) is 4.90 Å². The molecule has 1 N–H and O–H groups in total. The smallest absolute Gasteiger partial charge is 0.115 e. The van der Waals surface area contributed by atoms with Crippen LogP contribution < -0.4 is 0 Å². The number of benzene rings is 1. The monoisotopic (exact) mass is 204 g/mol. The predicted molar refractivity (Wildman–Crippen MR) is 59.3 cm³/mol. The van der Waals surface area contributed by atoms with Gasteiger partial charge in [-0.2, -0.15) is 5.26 Å². The molecule has 0 heterocycles. The minimum Gasteiger partial charge on any atom is -0.508 e. The largest absolute Gasteiger partial charge is 0.508 e. The zero-order valence-corrected chi connectivity index (χ0v) is 8.98. The van der Waals surface area contributed by atoms with Gasteiger partial charge in [0, 0.05) is 6.54 Å². The van der Waals surface area contributed by atoms with Crippen LogP contribution >= 0.6 is 0 Å². The van der Waals surface area contributed by atoms with Crippen LogP contribution in [0.2, 0.25) is 0 Å². The number of phenols is 1. The molecule has 3 nitrogen and oxygen atoms in total. The lowest BCUT2D eigenvalue weighted by Gasteiger charge is -2.17. The molecule has 0 aliphatic rings. The molecule has 15 heavy (non-hydrogen) atoms. The van der Waals surface area contributed by atoms with Gasteiger partial charge in [-0.25, -0.2) is 0 Å². The topological polar surface area (TPSA) is 47.3 Å². The van der Waals surface area contributed by atoms with Crippen LogP contribution in [0.25, 0.3) is 0 Å². The van der Waals surface area contributed by atoms with Gasteiger partial charge in [-0.3, -0.25) is 4.90 Å². The Morgan fingerprint density at radius 2 is 2.27 bits per heavy atom. The third-order valence-corrected chi connectivity index (χ3v) is 2.15. The summed E-state index contributed by atoms with van der Waals surface area (Å²) in [7, 11) is 0. The number of nitrogens with zero attached hydrogens (tertiary/aromatic N) is 2. The zero-order chi connectivity index (χ0) is 11.1. The first-order valence-corrected chi connectivity index (χ1v) is 5.13. The second kappa shape index (κ2) is 6.05. The number of rotatable bonds is 5. The summed E-state index contributed by atoms with van der Waals surface area (Å²) in [5, 5.41) is 18.0. The molecule has 0 saturated carbocycles. The second-order valence-corrected chi connectivity index (χ2v) is 3.54. The van der Waals surface area contributed by atoms with Crippen LogP contribution in [-0.2, 0) is 6.54 Å². The summed E-state index contributed by atoms with van der Waals surface area (Å²) in [5.41, 5.74) is 1.04. The van der Waals surface area contributed by atoms with Crippen LogP contribution in [0.4, 0.5) is 0 Å². The Kier molecular flexibility index (Phi) is 4.65. The minimum atomic E-state index is 0.279. The first kappa shape index (κ1) is 11.5. The molecule has 80 valence electrons. The summed E-state index contributed by atoms with van der Waals surface area (Å²) in [6, 6.07) is 9.32. The fourth-order valence-corrected chi connectivity index (χ4v) is 1.54. The van der Waals surface area contributed by atoms with E-state index in [0.29, 0.717) is 6.54 Å². The van der Waals surface area contributed by atoms with Gasteiger partial charge in [0.25, 0.3) is 0 Å². The van der Waals surface area contributed by atoms with Crippen LogP contribution in [0.1, 0.15) is 18.9 Å². The van der Waals surface area contributed by atoms with Crippen LogP contribution in [0.3, 0.4) is 0 Å². The summed E-state index contributed by atoms with van der Waals surface area (Å²) in [5.74, 6) is 0.279. The number of phenolic OH excluding ortho intramolecular Hbond substituents is 1. The van der Waals surface area contributed by atoms with E-state index in [9.17, 15) is 5.11 Å². The Labute approximate surface area is 90.6 Å². The fourth-order valence-electron chi connectivity index (χ4n) is 1.54. The second-order valence-electron chi connectivity index (χ2n) is 3.54. The van der Waals surface area contributed by atoms with Crippen LogP contribution in [0.5, 0.6) is 5.75 Å². The van der Waals surface area contributed by atoms with E-state index in [1.807, 2.05) is 12.1 Å². The lowest BCUT2D eigenvalue weighted by Crippen LogP contribution is -2.24. The highest BCUT2D eigenvalue weighted by Crippen LogP contribution is 2.12. The summed E-state index contributed by atoms with van der Waals surface area (Å²) in [4.78, 5) is 2.06. The van der Waals surface area contributed by atoms with E-state index in [4.69, 9.17) is 5.26 Å². The maximum absolute atomic E-state index is 9.30. The molecule has 1 rings (SSSR count). The molecule has 3 heteroatoms. The SMILES string of the molecule is CCCN(CC#N)Cc1cccc(O)c1. The van der Waals surface area contributed by atoms with Gasteiger partial charge in [-0.15, -0.1) is 0 Å². The maximum atomic E-state index is 9.30. The molecular weight excluding hydrogens is 188 g/mol. The predicted octanol–water partition coefficient (Wildman–Crippen LogP) is 2.13. The average molecular weight is 204 g/mol. The first-order chi connectivity index (χ1) is 7.26. The molecule has 0 unspecified atom stereocenters. The summed E-state index contributed by atoms with van der Waals surface area (Å²) >= 11 is 0. The van der Waals surface area contributed by atoms with Crippen molar-refractivity contribution in [2.24, 2.45) is 0 Å². The van der Waals surface area contributed by atoms with E-state index < -0.39 is 0 Å². The average Bonchev–Trinajstić information content (AvgIpc) is 2.18. The van der Waals surface area contributed by atoms with Gasteiger partial charge < -0.3 is 5.11 Å². The van der Waals surface area contributed by atoms with Crippen molar-refractivity contribution >= 4 is 0 Å². The van der Waals surface area contributed by atoms with Gasteiger partial charge in [0.2, 0.25) is 0 Å². The molecule has 0 amide bonds. The molecule has 0 bridgehead atoms. The molecule has 0 spiro atoms. The normalized spacial score (nSPS) is 10.2. The Bertz CT molecular complexity index is 344. The molecule has 0 aromatic heterocycles. The summed E-state index contributed by atoms with van der Waals surface area (Å²) in [6.07, 6.45) is 1.03. The van der Waals surface area contributed by atoms with Gasteiger partial charge in [0.1, 0.15) is 5.75 Å². The Hall–Kier alpha value is -1.53. The molecular formula is C12H16N2O. The quantitative estimate of drug-likeness (QED) is 0.747. The molecule has 0 saturated heterocycles. The Morgan fingerprint density at radius 3 is 2.87 bits per heavy atom. The standard InChI is InChI=1S/C12H16N2O/c1-2-7-14(8-6-13)10-11-4-3-5-12(15)9-11/h3-5,9,15H,2,7-8,10H2,1H3. The molecule has 1 aromatic carbocycles. The highest BCUT2D eigenvalue weighted by molar-refractivity contribution is 5.27. The van der Waals surface area contributed by atoms with Gasteiger partial charge in [0.15, 0.2) is 0 Å². The molecule has 0 aliphatic heterocycles. The summed E-state index contributed by atoms with van der Waals surface area (Å²) in [6.45, 7) is 4.15. The first-order valence-electron chi connectivity index (χ1n) is 5.13. The number of aromatic hydroxyl groups is 1. The van der Waals surface area contributed by atoms with Crippen LogP contribution in [0, 0.1) is 11.3 Å². The summed E-state index contributed by atoms with van der Waals surface area (Å²) < 4.78 is 0. The zero-order valence-electron chi connectivity index (χ0n) is 8.98. The molecule has 1 aromatic rings. The fraction of sp³-hybridized carbons (Fsp3) is 0.417. The number of hydrogen-bond donors (Lipinski definition) is 1. The highest BCUT2D eigenvalue weighted by Gasteiger charge is 2.04. The van der Waals surface area contributed by atoms with Crippen molar-refractivity contribution in [3.05, 3.63) is 29.8 Å². The van der Waals surface area contributed by atoms with E-state index in [2.05, 4.69) is 17.9 Å². The lowest BCUT2D eigenvalue weighted by molar-refractivity contribution is 0.298. The number of hydrogen-bond acceptors (Lipinski definition) is 3. The van der Waals surface area contributed by atoms with Crippen LogP contribution in [0.15, 0.2) is 24.3 Å². The van der Waals surface area contributed by atoms with Crippen LogP contribution in [-0.4, -0.2) is 23.1 Å².